The van der Waals surface area contributed by atoms with Gasteiger partial charge in [-0.05, 0) is 36.2 Å². The van der Waals surface area contributed by atoms with Crippen LogP contribution < -0.4 is 4.74 Å². The van der Waals surface area contributed by atoms with Crippen LogP contribution in [0.5, 0.6) is 5.75 Å². The summed E-state index contributed by atoms with van der Waals surface area (Å²) in [5.74, 6) is 1.28. The fraction of sp³-hybridized carbons (Fsp3) is 0.316. The number of rotatable bonds is 4. The summed E-state index contributed by atoms with van der Waals surface area (Å²) in [6.45, 7) is 1.34. The molecule has 1 heterocycles. The average molecular weight is 431 g/mol. The van der Waals surface area contributed by atoms with Crippen LogP contribution >= 0.6 is 46.6 Å². The molecule has 1 amide bonds. The Morgan fingerprint density at radius 3 is 2.69 bits per heavy atom. The van der Waals surface area contributed by atoms with Crippen LogP contribution in [-0.4, -0.2) is 36.3 Å². The van der Waals surface area contributed by atoms with Crippen LogP contribution in [0, 0.1) is 0 Å². The van der Waals surface area contributed by atoms with Gasteiger partial charge in [0.25, 0.3) is 5.91 Å². The van der Waals surface area contributed by atoms with Gasteiger partial charge < -0.3 is 9.64 Å². The van der Waals surface area contributed by atoms with Crippen LogP contribution in [0.25, 0.3) is 0 Å². The first-order valence-electron chi connectivity index (χ1n) is 8.26. The maximum absolute atomic E-state index is 12.5. The van der Waals surface area contributed by atoms with Gasteiger partial charge in [0.1, 0.15) is 5.75 Å². The van der Waals surface area contributed by atoms with Gasteiger partial charge in [-0.3, -0.25) is 4.79 Å². The number of thioether (sulfide) groups is 1. The van der Waals surface area contributed by atoms with E-state index in [0.29, 0.717) is 34.1 Å². The third-order valence-electron chi connectivity index (χ3n) is 4.19. The zero-order chi connectivity index (χ0) is 18.5. The molecule has 0 spiro atoms. The Morgan fingerprint density at radius 2 is 1.92 bits per heavy atom. The number of nitrogens with zero attached hydrogens (tertiary/aromatic N) is 1. The van der Waals surface area contributed by atoms with E-state index < -0.39 is 0 Å². The van der Waals surface area contributed by atoms with Gasteiger partial charge in [0.2, 0.25) is 0 Å². The lowest BCUT2D eigenvalue weighted by molar-refractivity contribution is -0.133. The van der Waals surface area contributed by atoms with E-state index in [0.717, 1.165) is 22.8 Å². The fourth-order valence-electron chi connectivity index (χ4n) is 2.83. The van der Waals surface area contributed by atoms with E-state index in [1.54, 1.807) is 18.2 Å². The monoisotopic (exact) mass is 429 g/mol. The fourth-order valence-corrected chi connectivity index (χ4v) is 4.89. The van der Waals surface area contributed by atoms with E-state index in [1.807, 2.05) is 34.9 Å². The van der Waals surface area contributed by atoms with E-state index in [1.165, 1.54) is 0 Å². The summed E-state index contributed by atoms with van der Waals surface area (Å²) in [5, 5.41) is 2.01. The van der Waals surface area contributed by atoms with Gasteiger partial charge >= 0.3 is 0 Å². The van der Waals surface area contributed by atoms with Crippen LogP contribution in [0.15, 0.2) is 42.5 Å². The topological polar surface area (TPSA) is 29.5 Å². The van der Waals surface area contributed by atoms with Gasteiger partial charge in [-0.1, -0.05) is 53.0 Å². The van der Waals surface area contributed by atoms with Crippen molar-refractivity contribution in [2.45, 2.75) is 11.7 Å². The van der Waals surface area contributed by atoms with Gasteiger partial charge in [0, 0.05) is 34.1 Å². The Labute approximate surface area is 172 Å². The lowest BCUT2D eigenvalue weighted by atomic mass is 10.1. The van der Waals surface area contributed by atoms with E-state index in [-0.39, 0.29) is 12.5 Å². The summed E-state index contributed by atoms with van der Waals surface area (Å²) in [5.41, 5.74) is 1.14. The maximum atomic E-state index is 12.5. The Morgan fingerprint density at radius 1 is 1.12 bits per heavy atom. The molecule has 2 aromatic carbocycles. The molecule has 0 aromatic heterocycles. The first-order chi connectivity index (χ1) is 12.5. The van der Waals surface area contributed by atoms with Crippen molar-refractivity contribution in [3.05, 3.63) is 63.1 Å². The number of ether oxygens (including phenoxy) is 1. The van der Waals surface area contributed by atoms with Crippen LogP contribution in [-0.2, 0) is 4.79 Å². The molecule has 1 fully saturated rings. The van der Waals surface area contributed by atoms with Crippen molar-refractivity contribution in [3.8, 4) is 5.75 Å². The number of hydrogen-bond acceptors (Lipinski definition) is 3. The highest BCUT2D eigenvalue weighted by Gasteiger charge is 2.23. The summed E-state index contributed by atoms with van der Waals surface area (Å²) in [4.78, 5) is 14.3. The molecule has 0 aliphatic carbocycles. The first-order valence-corrected chi connectivity index (χ1v) is 10.4. The zero-order valence-electron chi connectivity index (χ0n) is 14.0. The number of amides is 1. The summed E-state index contributed by atoms with van der Waals surface area (Å²) >= 11 is 20.1. The number of hydrogen-bond donors (Lipinski definition) is 0. The Kier molecular flexibility index (Phi) is 6.98. The minimum absolute atomic E-state index is 0.0389. The molecule has 1 unspecified atom stereocenters. The van der Waals surface area contributed by atoms with Crippen LogP contribution in [0.4, 0.5) is 0 Å². The van der Waals surface area contributed by atoms with E-state index in [9.17, 15) is 4.79 Å². The zero-order valence-corrected chi connectivity index (χ0v) is 17.0. The molecular formula is C19H18Cl3NO2S. The van der Waals surface area contributed by atoms with E-state index in [4.69, 9.17) is 39.5 Å². The van der Waals surface area contributed by atoms with Crippen LogP contribution in [0.1, 0.15) is 17.2 Å². The Hall–Kier alpha value is -1.07. The SMILES string of the molecule is O=C(COc1ccc(Cl)cc1Cl)N1CCSC(c2ccccc2Cl)CC1. The molecule has 0 saturated carbocycles. The van der Waals surface area contributed by atoms with Gasteiger partial charge in [0.15, 0.2) is 6.61 Å². The number of benzene rings is 2. The summed E-state index contributed by atoms with van der Waals surface area (Å²) < 4.78 is 5.57. The molecule has 138 valence electrons. The molecule has 0 N–H and O–H groups in total. The maximum Gasteiger partial charge on any atom is 0.260 e. The molecule has 0 bridgehead atoms. The second kappa shape index (κ2) is 9.23. The van der Waals surface area contributed by atoms with Crippen molar-refractivity contribution in [1.82, 2.24) is 4.90 Å². The summed E-state index contributed by atoms with van der Waals surface area (Å²) in [7, 11) is 0. The molecule has 1 atom stereocenters. The summed E-state index contributed by atoms with van der Waals surface area (Å²) in [6.07, 6.45) is 0.863. The third kappa shape index (κ3) is 5.01. The normalized spacial score (nSPS) is 17.7. The highest BCUT2D eigenvalue weighted by Crippen LogP contribution is 2.37. The van der Waals surface area contributed by atoms with Crippen molar-refractivity contribution in [2.75, 3.05) is 25.4 Å². The summed E-state index contributed by atoms with van der Waals surface area (Å²) in [6, 6.07) is 12.9. The molecule has 1 aliphatic heterocycles. The minimum Gasteiger partial charge on any atom is -0.482 e. The average Bonchev–Trinajstić information content (AvgIpc) is 2.87. The van der Waals surface area contributed by atoms with Gasteiger partial charge in [-0.2, -0.15) is 11.8 Å². The van der Waals surface area contributed by atoms with Crippen molar-refractivity contribution in [2.24, 2.45) is 0 Å². The van der Waals surface area contributed by atoms with Gasteiger partial charge in [-0.15, -0.1) is 0 Å². The molecule has 1 aliphatic rings. The molecule has 3 nitrogen and oxygen atoms in total. The molecule has 2 aromatic rings. The van der Waals surface area contributed by atoms with E-state index in [2.05, 4.69) is 6.07 Å². The van der Waals surface area contributed by atoms with Crippen LogP contribution in [0.2, 0.25) is 15.1 Å². The van der Waals surface area contributed by atoms with Gasteiger partial charge in [0.05, 0.1) is 5.02 Å². The molecule has 3 rings (SSSR count). The number of carbonyl (C=O) groups excluding carboxylic acids is 1. The predicted molar refractivity (Wildman–Crippen MR) is 110 cm³/mol. The third-order valence-corrected chi connectivity index (χ3v) is 6.38. The molecule has 0 radical (unpaired) electrons. The molecule has 26 heavy (non-hydrogen) atoms. The second-order valence-corrected chi connectivity index (χ2v) is 8.48. The van der Waals surface area contributed by atoms with Crippen molar-refractivity contribution in [3.63, 3.8) is 0 Å². The lowest BCUT2D eigenvalue weighted by Crippen LogP contribution is -2.36. The first kappa shape index (κ1) is 19.7. The van der Waals surface area contributed by atoms with Crippen molar-refractivity contribution < 1.29 is 9.53 Å². The largest absolute Gasteiger partial charge is 0.482 e. The number of halogens is 3. The quantitative estimate of drug-likeness (QED) is 0.620. The molecule has 1 saturated heterocycles. The minimum atomic E-state index is -0.0450. The molecule has 7 heteroatoms. The lowest BCUT2D eigenvalue weighted by Gasteiger charge is -2.21. The number of carbonyl (C=O) groups is 1. The van der Waals surface area contributed by atoms with E-state index >= 15 is 0 Å². The highest BCUT2D eigenvalue weighted by atomic mass is 35.5. The smallest absolute Gasteiger partial charge is 0.260 e. The van der Waals surface area contributed by atoms with Gasteiger partial charge in [-0.25, -0.2) is 0 Å². The van der Waals surface area contributed by atoms with Crippen molar-refractivity contribution >= 4 is 52.5 Å². The van der Waals surface area contributed by atoms with Crippen molar-refractivity contribution in [1.29, 1.82) is 0 Å². The molecular weight excluding hydrogens is 413 g/mol. The predicted octanol–water partition coefficient (Wildman–Crippen LogP) is 5.73. The second-order valence-electron chi connectivity index (χ2n) is 5.91. The Balaban J connectivity index is 1.57. The van der Waals surface area contributed by atoms with Crippen LogP contribution in [0.3, 0.4) is 0 Å². The standard InChI is InChI=1S/C19H18Cl3NO2S/c20-13-5-6-17(16(22)11-13)25-12-19(24)23-8-7-18(26-10-9-23)14-3-1-2-4-15(14)21/h1-6,11,18H,7-10,12H2. The Bertz CT molecular complexity index is 787. The highest BCUT2D eigenvalue weighted by molar-refractivity contribution is 7.99.